The number of amides is 1. The Balaban J connectivity index is 0.00000261. The van der Waals surface area contributed by atoms with Crippen LogP contribution in [0.15, 0.2) is 28.8 Å². The van der Waals surface area contributed by atoms with Crippen LogP contribution >= 0.6 is 12.4 Å². The van der Waals surface area contributed by atoms with Gasteiger partial charge in [0.2, 0.25) is 5.89 Å². The fourth-order valence-electron chi connectivity index (χ4n) is 2.76. The molecule has 1 aliphatic heterocycles. The molecule has 2 N–H and O–H groups in total. The second kappa shape index (κ2) is 8.89. The molecule has 1 aliphatic rings. The van der Waals surface area contributed by atoms with Gasteiger partial charge < -0.3 is 15.2 Å². The maximum atomic E-state index is 12.3. The van der Waals surface area contributed by atoms with E-state index in [4.69, 9.17) is 4.52 Å². The molecule has 0 aliphatic carbocycles. The average molecular weight is 397 g/mol. The summed E-state index contributed by atoms with van der Waals surface area (Å²) in [7, 11) is 2.00. The van der Waals surface area contributed by atoms with Gasteiger partial charge in [-0.15, -0.1) is 12.4 Å². The zero-order valence-corrected chi connectivity index (χ0v) is 15.7. The highest BCUT2D eigenvalue weighted by atomic mass is 35.5. The predicted octanol–water partition coefficient (Wildman–Crippen LogP) is 1.47. The Hall–Kier alpha value is -2.56. The third kappa shape index (κ3) is 4.79. The fraction of sp³-hybridized carbons (Fsp3) is 0.438. The third-order valence-electron chi connectivity index (χ3n) is 4.30. The van der Waals surface area contributed by atoms with E-state index in [1.807, 2.05) is 7.05 Å². The van der Waals surface area contributed by atoms with E-state index in [-0.39, 0.29) is 35.6 Å². The van der Waals surface area contributed by atoms with Crippen molar-refractivity contribution < 1.29 is 14.2 Å². The van der Waals surface area contributed by atoms with Crippen molar-refractivity contribution in [3.05, 3.63) is 51.7 Å². The summed E-state index contributed by atoms with van der Waals surface area (Å²) in [6, 6.07) is 5.03. The molecule has 1 amide bonds. The zero-order valence-electron chi connectivity index (χ0n) is 14.9. The van der Waals surface area contributed by atoms with Crippen molar-refractivity contribution in [2.45, 2.75) is 19.0 Å². The SMILES string of the molecule is CC(NC(=O)c1cccc([N+](=O)[O-])c1)c1nc(C2CNCCN2C)no1.Cl. The van der Waals surface area contributed by atoms with Crippen molar-refractivity contribution in [3.8, 4) is 0 Å². The minimum absolute atomic E-state index is 0. The molecule has 10 nitrogen and oxygen atoms in total. The molecule has 1 fully saturated rings. The van der Waals surface area contributed by atoms with Gasteiger partial charge in [0.05, 0.1) is 11.0 Å². The number of aromatic nitrogens is 2. The smallest absolute Gasteiger partial charge is 0.270 e. The Labute approximate surface area is 161 Å². The van der Waals surface area contributed by atoms with E-state index in [1.54, 1.807) is 6.92 Å². The van der Waals surface area contributed by atoms with E-state index >= 15 is 0 Å². The lowest BCUT2D eigenvalue weighted by molar-refractivity contribution is -0.384. The molecule has 146 valence electrons. The first-order chi connectivity index (χ1) is 12.5. The van der Waals surface area contributed by atoms with E-state index in [1.165, 1.54) is 24.3 Å². The lowest BCUT2D eigenvalue weighted by Crippen LogP contribution is -2.44. The Morgan fingerprint density at radius 1 is 1.52 bits per heavy atom. The van der Waals surface area contributed by atoms with Gasteiger partial charge in [0.1, 0.15) is 6.04 Å². The molecule has 2 heterocycles. The number of nitro groups is 1. The second-order valence-corrected chi connectivity index (χ2v) is 6.19. The molecule has 1 saturated heterocycles. The zero-order chi connectivity index (χ0) is 18.7. The highest BCUT2D eigenvalue weighted by Crippen LogP contribution is 2.20. The molecule has 11 heteroatoms. The first kappa shape index (κ1) is 20.7. The summed E-state index contributed by atoms with van der Waals surface area (Å²) >= 11 is 0. The highest BCUT2D eigenvalue weighted by molar-refractivity contribution is 5.94. The third-order valence-corrected chi connectivity index (χ3v) is 4.30. The number of benzene rings is 1. The van der Waals surface area contributed by atoms with Crippen LogP contribution in [0.25, 0.3) is 0 Å². The maximum absolute atomic E-state index is 12.3. The number of carbonyl (C=O) groups is 1. The Morgan fingerprint density at radius 2 is 2.30 bits per heavy atom. The minimum Gasteiger partial charge on any atom is -0.341 e. The van der Waals surface area contributed by atoms with Crippen molar-refractivity contribution in [2.75, 3.05) is 26.7 Å². The molecule has 1 aromatic heterocycles. The van der Waals surface area contributed by atoms with Gasteiger partial charge in [-0.25, -0.2) is 0 Å². The summed E-state index contributed by atoms with van der Waals surface area (Å²) in [6.45, 7) is 4.24. The normalized spacial score (nSPS) is 18.4. The molecule has 2 unspecified atom stereocenters. The van der Waals surface area contributed by atoms with Crippen molar-refractivity contribution in [1.29, 1.82) is 0 Å². The van der Waals surface area contributed by atoms with Gasteiger partial charge in [-0.2, -0.15) is 4.98 Å². The van der Waals surface area contributed by atoms with E-state index in [2.05, 4.69) is 25.7 Å². The van der Waals surface area contributed by atoms with Crippen LogP contribution in [0.3, 0.4) is 0 Å². The van der Waals surface area contributed by atoms with Crippen LogP contribution in [0.4, 0.5) is 5.69 Å². The first-order valence-corrected chi connectivity index (χ1v) is 8.25. The van der Waals surface area contributed by atoms with Gasteiger partial charge in [0, 0.05) is 37.3 Å². The van der Waals surface area contributed by atoms with Crippen LogP contribution in [-0.4, -0.2) is 52.6 Å². The Bertz CT molecular complexity index is 814. The molecule has 3 rings (SSSR count). The number of non-ortho nitro benzene ring substituents is 1. The summed E-state index contributed by atoms with van der Waals surface area (Å²) in [5, 5.41) is 20.9. The first-order valence-electron chi connectivity index (χ1n) is 8.25. The summed E-state index contributed by atoms with van der Waals surface area (Å²) in [4.78, 5) is 29.1. The standard InChI is InChI=1S/C16H20N6O4.ClH/c1-10(18-15(23)11-4-3-5-12(8-11)22(24)25)16-19-14(20-26-16)13-9-17-6-7-21(13)2;/h3-5,8,10,13,17H,6-7,9H2,1-2H3,(H,18,23);1H. The van der Waals surface area contributed by atoms with Gasteiger partial charge in [-0.3, -0.25) is 19.8 Å². The van der Waals surface area contributed by atoms with Gasteiger partial charge in [0.15, 0.2) is 5.82 Å². The average Bonchev–Trinajstić information content (AvgIpc) is 3.12. The van der Waals surface area contributed by atoms with Gasteiger partial charge in [-0.05, 0) is 20.0 Å². The van der Waals surface area contributed by atoms with Crippen LogP contribution in [0.5, 0.6) is 0 Å². The molecule has 0 bridgehead atoms. The van der Waals surface area contributed by atoms with Crippen molar-refractivity contribution in [1.82, 2.24) is 25.7 Å². The lowest BCUT2D eigenvalue weighted by Gasteiger charge is -2.30. The summed E-state index contributed by atoms with van der Waals surface area (Å²) in [5.41, 5.74) is 0.0558. The quantitative estimate of drug-likeness (QED) is 0.574. The van der Waals surface area contributed by atoms with Gasteiger partial charge in [-0.1, -0.05) is 11.2 Å². The van der Waals surface area contributed by atoms with Crippen molar-refractivity contribution >= 4 is 24.0 Å². The number of likely N-dealkylation sites (N-methyl/N-ethyl adjacent to an activating group) is 1. The summed E-state index contributed by atoms with van der Waals surface area (Å²) < 4.78 is 5.29. The molecule has 0 spiro atoms. The predicted molar refractivity (Wildman–Crippen MR) is 98.8 cm³/mol. The number of nitro benzene ring substituents is 1. The largest absolute Gasteiger partial charge is 0.341 e. The Morgan fingerprint density at radius 3 is 3.00 bits per heavy atom. The number of halogens is 1. The number of hydrogen-bond acceptors (Lipinski definition) is 8. The Kier molecular flexibility index (Phi) is 6.83. The number of nitrogens with zero attached hydrogens (tertiary/aromatic N) is 4. The molecule has 0 radical (unpaired) electrons. The van der Waals surface area contributed by atoms with Gasteiger partial charge in [0.25, 0.3) is 11.6 Å². The monoisotopic (exact) mass is 396 g/mol. The van der Waals surface area contributed by atoms with Crippen LogP contribution in [0.2, 0.25) is 0 Å². The highest BCUT2D eigenvalue weighted by Gasteiger charge is 2.27. The van der Waals surface area contributed by atoms with E-state index in [0.29, 0.717) is 5.82 Å². The maximum Gasteiger partial charge on any atom is 0.270 e. The van der Waals surface area contributed by atoms with Crippen molar-refractivity contribution in [3.63, 3.8) is 0 Å². The number of rotatable bonds is 5. The van der Waals surface area contributed by atoms with E-state index in [9.17, 15) is 14.9 Å². The fourth-order valence-corrected chi connectivity index (χ4v) is 2.76. The van der Waals surface area contributed by atoms with Crippen molar-refractivity contribution in [2.24, 2.45) is 0 Å². The second-order valence-electron chi connectivity index (χ2n) is 6.19. The minimum atomic E-state index is -0.542. The number of hydrogen-bond donors (Lipinski definition) is 2. The molecule has 27 heavy (non-hydrogen) atoms. The van der Waals surface area contributed by atoms with E-state index < -0.39 is 16.9 Å². The van der Waals surface area contributed by atoms with Crippen LogP contribution in [0.1, 0.15) is 41.1 Å². The van der Waals surface area contributed by atoms with Gasteiger partial charge >= 0.3 is 0 Å². The van der Waals surface area contributed by atoms with E-state index in [0.717, 1.165) is 19.6 Å². The lowest BCUT2D eigenvalue weighted by atomic mass is 10.1. The molecular formula is C16H21ClN6O4. The van der Waals surface area contributed by atoms with Crippen LogP contribution < -0.4 is 10.6 Å². The van der Waals surface area contributed by atoms with Crippen LogP contribution in [-0.2, 0) is 0 Å². The summed E-state index contributed by atoms with van der Waals surface area (Å²) in [5.74, 6) is 0.404. The number of carbonyl (C=O) groups excluding carboxylic acids is 1. The molecule has 1 aromatic carbocycles. The summed E-state index contributed by atoms with van der Waals surface area (Å²) in [6.07, 6.45) is 0. The van der Waals surface area contributed by atoms with Crippen LogP contribution in [0, 0.1) is 10.1 Å². The molecule has 0 saturated carbocycles. The molecule has 2 atom stereocenters. The molecular weight excluding hydrogens is 376 g/mol. The molecule has 2 aromatic rings. The number of nitrogens with one attached hydrogen (secondary N) is 2. The topological polar surface area (TPSA) is 126 Å². The number of piperazine rings is 1.